The smallest absolute Gasteiger partial charge is 0.251 e. The van der Waals surface area contributed by atoms with Gasteiger partial charge in [-0.2, -0.15) is 0 Å². The number of carbonyl (C=O) groups excluding carboxylic acids is 1. The molecule has 29 heavy (non-hydrogen) atoms. The minimum atomic E-state index is -0.0361. The highest BCUT2D eigenvalue weighted by molar-refractivity contribution is 5.94. The summed E-state index contributed by atoms with van der Waals surface area (Å²) in [6.45, 7) is 8.96. The highest BCUT2D eigenvalue weighted by atomic mass is 16.5. The molecule has 1 aromatic heterocycles. The van der Waals surface area contributed by atoms with Crippen molar-refractivity contribution in [3.05, 3.63) is 58.8 Å². The Morgan fingerprint density at radius 3 is 2.66 bits per heavy atom. The predicted octanol–water partition coefficient (Wildman–Crippen LogP) is 2.75. The van der Waals surface area contributed by atoms with Crippen LogP contribution in [-0.2, 0) is 17.8 Å². The van der Waals surface area contributed by atoms with Gasteiger partial charge in [-0.1, -0.05) is 12.1 Å². The van der Waals surface area contributed by atoms with E-state index >= 15 is 0 Å². The first kappa shape index (κ1) is 19.9. The number of ether oxygens (including phenoxy) is 1. The number of morpholine rings is 1. The molecule has 2 aliphatic rings. The molecule has 0 bridgehead atoms. The number of nitrogens with zero attached hydrogens (tertiary/aromatic N) is 3. The lowest BCUT2D eigenvalue weighted by Gasteiger charge is -2.26. The van der Waals surface area contributed by atoms with Crippen LogP contribution in [-0.4, -0.2) is 55.2 Å². The van der Waals surface area contributed by atoms with Crippen molar-refractivity contribution in [3.8, 4) is 0 Å². The number of nitrogens with one attached hydrogen (secondary N) is 1. The van der Waals surface area contributed by atoms with E-state index in [9.17, 15) is 4.79 Å². The molecule has 2 saturated heterocycles. The van der Waals surface area contributed by atoms with Crippen molar-refractivity contribution in [2.24, 2.45) is 0 Å². The third-order valence-electron chi connectivity index (χ3n) is 5.58. The Morgan fingerprint density at radius 2 is 1.86 bits per heavy atom. The number of rotatable bonds is 6. The molecular formula is C23H30N4O2. The summed E-state index contributed by atoms with van der Waals surface area (Å²) < 4.78 is 5.41. The van der Waals surface area contributed by atoms with Gasteiger partial charge in [0.05, 0.1) is 13.2 Å². The van der Waals surface area contributed by atoms with E-state index in [2.05, 4.69) is 38.3 Å². The highest BCUT2D eigenvalue weighted by Crippen LogP contribution is 2.20. The van der Waals surface area contributed by atoms with Gasteiger partial charge < -0.3 is 15.0 Å². The molecule has 2 fully saturated rings. The van der Waals surface area contributed by atoms with Gasteiger partial charge in [-0.15, -0.1) is 0 Å². The van der Waals surface area contributed by atoms with Gasteiger partial charge in [-0.05, 0) is 55.2 Å². The van der Waals surface area contributed by atoms with E-state index in [-0.39, 0.29) is 5.91 Å². The molecule has 2 aliphatic heterocycles. The molecule has 1 N–H and O–H groups in total. The van der Waals surface area contributed by atoms with Gasteiger partial charge in [0.15, 0.2) is 0 Å². The summed E-state index contributed by atoms with van der Waals surface area (Å²) in [5.41, 5.74) is 3.96. The first-order chi connectivity index (χ1) is 14.2. The second-order valence-electron chi connectivity index (χ2n) is 7.94. The van der Waals surface area contributed by atoms with E-state index in [4.69, 9.17) is 4.74 Å². The van der Waals surface area contributed by atoms with Crippen LogP contribution in [0.25, 0.3) is 0 Å². The third kappa shape index (κ3) is 5.34. The first-order valence-corrected chi connectivity index (χ1v) is 10.6. The zero-order chi connectivity index (χ0) is 20.1. The van der Waals surface area contributed by atoms with E-state index in [1.165, 1.54) is 12.8 Å². The van der Waals surface area contributed by atoms with E-state index in [0.717, 1.165) is 68.6 Å². The standard InChI is InChI=1S/C23H30N4O2/c1-18-13-20(15-22(25-18)27-7-2-3-8-27)16-24-23(28)21-6-4-5-19(14-21)17-26-9-11-29-12-10-26/h4-6,13-15H,2-3,7-12,16-17H2,1H3,(H,24,28). The van der Waals surface area contributed by atoms with Crippen LogP contribution in [0.4, 0.5) is 5.82 Å². The molecule has 4 rings (SSSR count). The average molecular weight is 395 g/mol. The van der Waals surface area contributed by atoms with Gasteiger partial charge in [0.1, 0.15) is 5.82 Å². The molecule has 0 atom stereocenters. The van der Waals surface area contributed by atoms with Crippen LogP contribution < -0.4 is 10.2 Å². The second kappa shape index (κ2) is 9.37. The van der Waals surface area contributed by atoms with E-state index in [0.29, 0.717) is 12.1 Å². The minimum absolute atomic E-state index is 0.0361. The largest absolute Gasteiger partial charge is 0.379 e. The normalized spacial score (nSPS) is 17.5. The molecule has 0 unspecified atom stereocenters. The Kier molecular flexibility index (Phi) is 6.42. The summed E-state index contributed by atoms with van der Waals surface area (Å²) in [6.07, 6.45) is 2.45. The Labute approximate surface area is 172 Å². The minimum Gasteiger partial charge on any atom is -0.379 e. The summed E-state index contributed by atoms with van der Waals surface area (Å²) in [7, 11) is 0. The summed E-state index contributed by atoms with van der Waals surface area (Å²) in [5, 5.41) is 3.07. The highest BCUT2D eigenvalue weighted by Gasteiger charge is 2.15. The maximum atomic E-state index is 12.7. The van der Waals surface area contributed by atoms with Crippen molar-refractivity contribution in [3.63, 3.8) is 0 Å². The van der Waals surface area contributed by atoms with Crippen molar-refractivity contribution >= 4 is 11.7 Å². The second-order valence-corrected chi connectivity index (χ2v) is 7.94. The monoisotopic (exact) mass is 394 g/mol. The van der Waals surface area contributed by atoms with Crippen molar-refractivity contribution in [1.29, 1.82) is 0 Å². The van der Waals surface area contributed by atoms with Gasteiger partial charge in [0.25, 0.3) is 5.91 Å². The Morgan fingerprint density at radius 1 is 1.07 bits per heavy atom. The quantitative estimate of drug-likeness (QED) is 0.817. The number of aromatic nitrogens is 1. The fourth-order valence-electron chi connectivity index (χ4n) is 4.04. The summed E-state index contributed by atoms with van der Waals surface area (Å²) in [4.78, 5) is 22.1. The summed E-state index contributed by atoms with van der Waals surface area (Å²) >= 11 is 0. The molecule has 1 amide bonds. The van der Waals surface area contributed by atoms with Crippen LogP contribution >= 0.6 is 0 Å². The van der Waals surface area contributed by atoms with Crippen molar-refractivity contribution in [2.75, 3.05) is 44.3 Å². The fraction of sp³-hybridized carbons (Fsp3) is 0.478. The molecule has 3 heterocycles. The number of carbonyl (C=O) groups is 1. The zero-order valence-corrected chi connectivity index (χ0v) is 17.2. The summed E-state index contributed by atoms with van der Waals surface area (Å²) in [5.74, 6) is 0.991. The van der Waals surface area contributed by atoms with Crippen LogP contribution in [0.15, 0.2) is 36.4 Å². The molecule has 0 spiro atoms. The number of hydrogen-bond donors (Lipinski definition) is 1. The number of pyridine rings is 1. The molecule has 0 radical (unpaired) electrons. The Balaban J connectivity index is 1.37. The van der Waals surface area contributed by atoms with Gasteiger partial charge in [0.2, 0.25) is 0 Å². The lowest BCUT2D eigenvalue weighted by Crippen LogP contribution is -2.35. The lowest BCUT2D eigenvalue weighted by molar-refractivity contribution is 0.0342. The predicted molar refractivity (Wildman–Crippen MR) is 114 cm³/mol. The van der Waals surface area contributed by atoms with E-state index < -0.39 is 0 Å². The van der Waals surface area contributed by atoms with Gasteiger partial charge in [-0.3, -0.25) is 9.69 Å². The van der Waals surface area contributed by atoms with Gasteiger partial charge in [0, 0.05) is 50.5 Å². The molecular weight excluding hydrogens is 364 g/mol. The molecule has 2 aromatic rings. The van der Waals surface area contributed by atoms with Crippen LogP contribution in [0.2, 0.25) is 0 Å². The van der Waals surface area contributed by atoms with Crippen LogP contribution in [0.5, 0.6) is 0 Å². The van der Waals surface area contributed by atoms with E-state index in [1.54, 1.807) is 0 Å². The number of hydrogen-bond acceptors (Lipinski definition) is 5. The van der Waals surface area contributed by atoms with E-state index in [1.807, 2.05) is 25.1 Å². The average Bonchev–Trinajstić information content (AvgIpc) is 3.28. The van der Waals surface area contributed by atoms with Crippen molar-refractivity contribution < 1.29 is 9.53 Å². The number of amides is 1. The number of anilines is 1. The maximum absolute atomic E-state index is 12.7. The topological polar surface area (TPSA) is 57.7 Å². The first-order valence-electron chi connectivity index (χ1n) is 10.6. The molecule has 154 valence electrons. The Hall–Kier alpha value is -2.44. The molecule has 6 heteroatoms. The zero-order valence-electron chi connectivity index (χ0n) is 17.2. The van der Waals surface area contributed by atoms with Crippen LogP contribution in [0, 0.1) is 6.92 Å². The van der Waals surface area contributed by atoms with Gasteiger partial charge >= 0.3 is 0 Å². The van der Waals surface area contributed by atoms with Gasteiger partial charge in [-0.25, -0.2) is 4.98 Å². The SMILES string of the molecule is Cc1cc(CNC(=O)c2cccc(CN3CCOCC3)c2)cc(N2CCCC2)n1. The summed E-state index contributed by atoms with van der Waals surface area (Å²) in [6, 6.07) is 12.1. The molecule has 1 aromatic carbocycles. The van der Waals surface area contributed by atoms with Crippen LogP contribution in [0.1, 0.15) is 40.0 Å². The fourth-order valence-corrected chi connectivity index (χ4v) is 4.04. The Bertz CT molecular complexity index is 843. The van der Waals surface area contributed by atoms with Crippen LogP contribution in [0.3, 0.4) is 0 Å². The molecule has 6 nitrogen and oxygen atoms in total. The van der Waals surface area contributed by atoms with Crippen molar-refractivity contribution in [2.45, 2.75) is 32.9 Å². The third-order valence-corrected chi connectivity index (χ3v) is 5.58. The van der Waals surface area contributed by atoms with Crippen molar-refractivity contribution in [1.82, 2.24) is 15.2 Å². The molecule has 0 saturated carbocycles. The maximum Gasteiger partial charge on any atom is 0.251 e. The lowest BCUT2D eigenvalue weighted by atomic mass is 10.1. The molecule has 0 aliphatic carbocycles. The number of benzene rings is 1. The number of aryl methyl sites for hydroxylation is 1.